The Labute approximate surface area is 194 Å². The van der Waals surface area contributed by atoms with Crippen molar-refractivity contribution in [3.63, 3.8) is 0 Å². The van der Waals surface area contributed by atoms with Gasteiger partial charge < -0.3 is 24.5 Å². The molecule has 1 aliphatic rings. The van der Waals surface area contributed by atoms with E-state index in [-0.39, 0.29) is 35.9 Å². The first kappa shape index (κ1) is 24.5. The standard InChI is InChI=1S/C22H30FN3O3.HI/c1-2-19(29-21-6-3-5-18(23)13-21)15-26-22(25-14-17-9-12-27-16-17)24-10-8-20-7-4-11-28-20;/h3-7,11,13,17,19H,2,8-10,12,14-16H2,1H3,(H2,24,25,26);1H. The van der Waals surface area contributed by atoms with Gasteiger partial charge in [0.1, 0.15) is 23.4 Å². The SMILES string of the molecule is CCC(CN=C(NCCc1ccco1)NCC1CCOC1)Oc1cccc(F)c1.I. The van der Waals surface area contributed by atoms with Gasteiger partial charge in [0.2, 0.25) is 0 Å². The van der Waals surface area contributed by atoms with E-state index in [2.05, 4.69) is 10.6 Å². The average Bonchev–Trinajstić information content (AvgIpc) is 3.42. The fourth-order valence-corrected chi connectivity index (χ4v) is 3.09. The summed E-state index contributed by atoms with van der Waals surface area (Å²) in [7, 11) is 0. The topological polar surface area (TPSA) is 68.0 Å². The maximum Gasteiger partial charge on any atom is 0.191 e. The molecule has 2 atom stereocenters. The highest BCUT2D eigenvalue weighted by Crippen LogP contribution is 2.15. The summed E-state index contributed by atoms with van der Waals surface area (Å²) in [6.07, 6.45) is 4.16. The van der Waals surface area contributed by atoms with Gasteiger partial charge in [0.05, 0.1) is 19.4 Å². The summed E-state index contributed by atoms with van der Waals surface area (Å²) >= 11 is 0. The lowest BCUT2D eigenvalue weighted by molar-refractivity contribution is 0.186. The van der Waals surface area contributed by atoms with Gasteiger partial charge in [-0.05, 0) is 37.1 Å². The third-order valence-electron chi connectivity index (χ3n) is 4.83. The van der Waals surface area contributed by atoms with Crippen molar-refractivity contribution in [2.24, 2.45) is 10.9 Å². The van der Waals surface area contributed by atoms with E-state index in [1.165, 1.54) is 12.1 Å². The predicted molar refractivity (Wildman–Crippen MR) is 126 cm³/mol. The lowest BCUT2D eigenvalue weighted by Gasteiger charge is -2.18. The van der Waals surface area contributed by atoms with Crippen LogP contribution in [0.2, 0.25) is 0 Å². The van der Waals surface area contributed by atoms with E-state index in [1.807, 2.05) is 19.1 Å². The molecule has 1 saturated heterocycles. The first-order valence-corrected chi connectivity index (χ1v) is 10.3. The van der Waals surface area contributed by atoms with Crippen molar-refractivity contribution in [1.82, 2.24) is 10.6 Å². The van der Waals surface area contributed by atoms with Gasteiger partial charge in [0.15, 0.2) is 5.96 Å². The number of aliphatic imine (C=N–C) groups is 1. The zero-order valence-electron chi connectivity index (χ0n) is 17.3. The van der Waals surface area contributed by atoms with Crippen LogP contribution in [-0.4, -0.2) is 44.9 Å². The zero-order chi connectivity index (χ0) is 20.3. The summed E-state index contributed by atoms with van der Waals surface area (Å²) in [6.45, 7) is 5.64. The Morgan fingerprint density at radius 3 is 2.90 bits per heavy atom. The molecular formula is C22H31FIN3O3. The molecular weight excluding hydrogens is 500 g/mol. The molecule has 1 fully saturated rings. The number of benzene rings is 1. The molecule has 6 nitrogen and oxygen atoms in total. The normalized spacial score (nSPS) is 17.3. The number of halogens is 2. The third kappa shape index (κ3) is 8.51. The van der Waals surface area contributed by atoms with Gasteiger partial charge in [0.25, 0.3) is 0 Å². The minimum atomic E-state index is -0.304. The molecule has 2 heterocycles. The molecule has 2 aromatic rings. The molecule has 0 spiro atoms. The van der Waals surface area contributed by atoms with Crippen molar-refractivity contribution in [3.05, 3.63) is 54.2 Å². The summed E-state index contributed by atoms with van der Waals surface area (Å²) in [4.78, 5) is 4.70. The number of hydrogen-bond donors (Lipinski definition) is 2. The lowest BCUT2D eigenvalue weighted by Crippen LogP contribution is -2.41. The van der Waals surface area contributed by atoms with Crippen LogP contribution in [0.3, 0.4) is 0 Å². The molecule has 0 saturated carbocycles. The summed E-state index contributed by atoms with van der Waals surface area (Å²) in [5.74, 6) is 2.39. The van der Waals surface area contributed by atoms with Crippen LogP contribution < -0.4 is 15.4 Å². The van der Waals surface area contributed by atoms with Gasteiger partial charge in [-0.1, -0.05) is 13.0 Å². The highest BCUT2D eigenvalue weighted by atomic mass is 127. The zero-order valence-corrected chi connectivity index (χ0v) is 19.6. The second-order valence-corrected chi connectivity index (χ2v) is 7.16. The predicted octanol–water partition coefficient (Wildman–Crippen LogP) is 4.01. The molecule has 2 unspecified atom stereocenters. The number of guanidine groups is 1. The van der Waals surface area contributed by atoms with Crippen LogP contribution in [0.5, 0.6) is 5.75 Å². The van der Waals surface area contributed by atoms with Crippen molar-refractivity contribution in [2.75, 3.05) is 32.8 Å². The minimum Gasteiger partial charge on any atom is -0.488 e. The summed E-state index contributed by atoms with van der Waals surface area (Å²) < 4.78 is 30.1. The molecule has 0 amide bonds. The Balaban J connectivity index is 0.00000320. The molecule has 0 aliphatic carbocycles. The Hall–Kier alpha value is -1.81. The molecule has 0 bridgehead atoms. The van der Waals surface area contributed by atoms with E-state index in [0.717, 1.165) is 50.7 Å². The van der Waals surface area contributed by atoms with Crippen LogP contribution in [-0.2, 0) is 11.2 Å². The van der Waals surface area contributed by atoms with Crippen molar-refractivity contribution in [3.8, 4) is 5.75 Å². The smallest absolute Gasteiger partial charge is 0.191 e. The van der Waals surface area contributed by atoms with Crippen LogP contribution in [0.1, 0.15) is 25.5 Å². The molecule has 2 N–H and O–H groups in total. The van der Waals surface area contributed by atoms with Crippen LogP contribution >= 0.6 is 24.0 Å². The molecule has 1 aliphatic heterocycles. The number of ether oxygens (including phenoxy) is 2. The van der Waals surface area contributed by atoms with Crippen LogP contribution in [0.15, 0.2) is 52.1 Å². The Kier molecular flexibility index (Phi) is 11.0. The molecule has 1 aromatic heterocycles. The Bertz CT molecular complexity index is 752. The minimum absolute atomic E-state index is 0. The van der Waals surface area contributed by atoms with E-state index >= 15 is 0 Å². The van der Waals surface area contributed by atoms with Gasteiger partial charge in [-0.25, -0.2) is 9.38 Å². The first-order valence-electron chi connectivity index (χ1n) is 10.3. The van der Waals surface area contributed by atoms with Crippen LogP contribution in [0.25, 0.3) is 0 Å². The number of nitrogens with zero attached hydrogens (tertiary/aromatic N) is 1. The maximum atomic E-state index is 13.4. The second-order valence-electron chi connectivity index (χ2n) is 7.16. The molecule has 0 radical (unpaired) electrons. The summed E-state index contributed by atoms with van der Waals surface area (Å²) in [5, 5.41) is 6.76. The van der Waals surface area contributed by atoms with Gasteiger partial charge in [-0.15, -0.1) is 24.0 Å². The highest BCUT2D eigenvalue weighted by Gasteiger charge is 2.16. The summed E-state index contributed by atoms with van der Waals surface area (Å²) in [6, 6.07) is 10.1. The van der Waals surface area contributed by atoms with Crippen LogP contribution in [0, 0.1) is 11.7 Å². The molecule has 3 rings (SSSR count). The summed E-state index contributed by atoms with van der Waals surface area (Å²) in [5.41, 5.74) is 0. The third-order valence-corrected chi connectivity index (χ3v) is 4.83. The molecule has 1 aromatic carbocycles. The maximum absolute atomic E-state index is 13.4. The van der Waals surface area contributed by atoms with Gasteiger partial charge in [-0.2, -0.15) is 0 Å². The van der Waals surface area contributed by atoms with E-state index in [9.17, 15) is 4.39 Å². The lowest BCUT2D eigenvalue weighted by atomic mass is 10.1. The van der Waals surface area contributed by atoms with E-state index in [0.29, 0.717) is 24.8 Å². The Morgan fingerprint density at radius 2 is 2.20 bits per heavy atom. The second kappa shape index (κ2) is 13.5. The van der Waals surface area contributed by atoms with E-state index in [1.54, 1.807) is 18.4 Å². The quantitative estimate of drug-likeness (QED) is 0.276. The fourth-order valence-electron chi connectivity index (χ4n) is 3.09. The van der Waals surface area contributed by atoms with Crippen LogP contribution in [0.4, 0.5) is 4.39 Å². The van der Waals surface area contributed by atoms with Gasteiger partial charge in [-0.3, -0.25) is 0 Å². The van der Waals surface area contributed by atoms with E-state index in [4.69, 9.17) is 18.9 Å². The van der Waals surface area contributed by atoms with Crippen molar-refractivity contribution in [1.29, 1.82) is 0 Å². The van der Waals surface area contributed by atoms with E-state index < -0.39 is 0 Å². The molecule has 30 heavy (non-hydrogen) atoms. The molecule has 166 valence electrons. The fraction of sp³-hybridized carbons (Fsp3) is 0.500. The number of rotatable bonds is 10. The number of nitrogens with one attached hydrogen (secondary N) is 2. The average molecular weight is 531 g/mol. The number of furan rings is 1. The number of hydrogen-bond acceptors (Lipinski definition) is 4. The largest absolute Gasteiger partial charge is 0.488 e. The van der Waals surface area contributed by atoms with Gasteiger partial charge in [0, 0.05) is 38.1 Å². The van der Waals surface area contributed by atoms with Crippen molar-refractivity contribution < 1.29 is 18.3 Å². The van der Waals surface area contributed by atoms with Gasteiger partial charge >= 0.3 is 0 Å². The first-order chi connectivity index (χ1) is 14.2. The van der Waals surface area contributed by atoms with Crippen molar-refractivity contribution in [2.45, 2.75) is 32.3 Å². The Morgan fingerprint density at radius 1 is 1.30 bits per heavy atom. The monoisotopic (exact) mass is 531 g/mol. The van der Waals surface area contributed by atoms with Crippen molar-refractivity contribution >= 4 is 29.9 Å². The molecule has 8 heteroatoms. The highest BCUT2D eigenvalue weighted by molar-refractivity contribution is 14.0.